The third-order valence-electron chi connectivity index (χ3n) is 5.31. The molecule has 5 heteroatoms. The van der Waals surface area contributed by atoms with Gasteiger partial charge in [0.25, 0.3) is 0 Å². The second-order valence-corrected chi connectivity index (χ2v) is 7.72. The number of aromatic nitrogens is 1. The van der Waals surface area contributed by atoms with E-state index in [0.717, 1.165) is 47.4 Å². The highest BCUT2D eigenvalue weighted by Crippen LogP contribution is 2.42. The number of benzene rings is 2. The lowest BCUT2D eigenvalue weighted by Crippen LogP contribution is -2.08. The summed E-state index contributed by atoms with van der Waals surface area (Å²) in [6, 6.07) is 21.3. The average Bonchev–Trinajstić information content (AvgIpc) is 3.29. The molecule has 1 aliphatic carbocycles. The van der Waals surface area contributed by atoms with Crippen LogP contribution in [0.2, 0.25) is 5.02 Å². The fraction of sp³-hybridized carbons (Fsp3) is 0.231. The van der Waals surface area contributed by atoms with Gasteiger partial charge >= 0.3 is 5.97 Å². The lowest BCUT2D eigenvalue weighted by atomic mass is 9.99. The van der Waals surface area contributed by atoms with E-state index < -0.39 is 5.97 Å². The van der Waals surface area contributed by atoms with E-state index in [1.54, 1.807) is 13.0 Å². The van der Waals surface area contributed by atoms with E-state index in [9.17, 15) is 4.79 Å². The van der Waals surface area contributed by atoms with E-state index in [1.807, 2.05) is 54.6 Å². The Labute approximate surface area is 187 Å². The summed E-state index contributed by atoms with van der Waals surface area (Å²) in [6.45, 7) is 2.52. The molecule has 0 fully saturated rings. The number of hydrogen-bond acceptors (Lipinski definition) is 4. The van der Waals surface area contributed by atoms with Gasteiger partial charge in [-0.25, -0.2) is 9.78 Å². The van der Waals surface area contributed by atoms with E-state index in [2.05, 4.69) is 11.1 Å². The van der Waals surface area contributed by atoms with Crippen LogP contribution in [0.5, 0.6) is 5.75 Å². The predicted octanol–water partition coefficient (Wildman–Crippen LogP) is 6.59. The van der Waals surface area contributed by atoms with Crippen molar-refractivity contribution in [2.24, 2.45) is 0 Å². The summed E-state index contributed by atoms with van der Waals surface area (Å²) >= 11 is 6.29. The molecule has 1 aromatic heterocycles. The van der Waals surface area contributed by atoms with Crippen LogP contribution in [0.1, 0.15) is 53.5 Å². The van der Waals surface area contributed by atoms with E-state index in [4.69, 9.17) is 21.1 Å². The van der Waals surface area contributed by atoms with Crippen molar-refractivity contribution in [3.05, 3.63) is 94.3 Å². The molecule has 0 radical (unpaired) electrons. The zero-order valence-electron chi connectivity index (χ0n) is 17.4. The second-order valence-electron chi connectivity index (χ2n) is 7.32. The predicted molar refractivity (Wildman–Crippen MR) is 123 cm³/mol. The van der Waals surface area contributed by atoms with Crippen LogP contribution in [0.3, 0.4) is 0 Å². The van der Waals surface area contributed by atoms with Crippen molar-refractivity contribution in [3.63, 3.8) is 0 Å². The minimum Gasteiger partial charge on any atom is -0.488 e. The summed E-state index contributed by atoms with van der Waals surface area (Å²) in [7, 11) is 0. The van der Waals surface area contributed by atoms with Crippen molar-refractivity contribution in [3.8, 4) is 5.75 Å². The van der Waals surface area contributed by atoms with Gasteiger partial charge in [0.1, 0.15) is 18.1 Å². The number of pyridine rings is 1. The van der Waals surface area contributed by atoms with Gasteiger partial charge in [-0.3, -0.25) is 0 Å². The fourth-order valence-corrected chi connectivity index (χ4v) is 4.05. The number of nitrogens with zero attached hydrogens (tertiary/aromatic N) is 1. The molecule has 0 N–H and O–H groups in total. The standard InChI is InChI=1S/C26H24ClNO3/c1-2-30-26(29)24-15-8-14-23(28-24)20-12-7-11-19(20)21-10-4-6-16-25(21)31-17-18-9-3-5-13-22(18)27/h3-6,8-10,13-16H,2,7,11-12,17H2,1H3. The number of ether oxygens (including phenoxy) is 2. The number of esters is 1. The molecule has 1 aliphatic rings. The number of allylic oxidation sites excluding steroid dienone is 2. The largest absolute Gasteiger partial charge is 0.488 e. The van der Waals surface area contributed by atoms with Crippen LogP contribution in [0.4, 0.5) is 0 Å². The van der Waals surface area contributed by atoms with Crippen LogP contribution in [0.25, 0.3) is 11.1 Å². The molecule has 31 heavy (non-hydrogen) atoms. The molecular formula is C26H24ClNO3. The Morgan fingerprint density at radius 3 is 2.58 bits per heavy atom. The number of rotatable bonds is 7. The Bertz CT molecular complexity index is 1120. The van der Waals surface area contributed by atoms with Gasteiger partial charge in [0, 0.05) is 16.1 Å². The quantitative estimate of drug-likeness (QED) is 0.394. The highest BCUT2D eigenvalue weighted by atomic mass is 35.5. The maximum atomic E-state index is 12.1. The van der Waals surface area contributed by atoms with E-state index >= 15 is 0 Å². The Morgan fingerprint density at radius 2 is 1.74 bits per heavy atom. The monoisotopic (exact) mass is 433 g/mol. The van der Waals surface area contributed by atoms with Crippen molar-refractivity contribution >= 4 is 28.7 Å². The minimum atomic E-state index is -0.395. The van der Waals surface area contributed by atoms with Crippen LogP contribution in [0, 0.1) is 0 Å². The zero-order valence-corrected chi connectivity index (χ0v) is 18.2. The third kappa shape index (κ3) is 4.80. The van der Waals surface area contributed by atoms with Crippen molar-refractivity contribution in [2.45, 2.75) is 32.8 Å². The maximum absolute atomic E-state index is 12.1. The number of hydrogen-bond donors (Lipinski definition) is 0. The molecule has 2 aromatic carbocycles. The highest BCUT2D eigenvalue weighted by Gasteiger charge is 2.22. The van der Waals surface area contributed by atoms with Crippen molar-refractivity contribution in [1.29, 1.82) is 0 Å². The molecule has 158 valence electrons. The Hall–Kier alpha value is -3.11. The molecule has 4 nitrogen and oxygen atoms in total. The molecule has 0 amide bonds. The summed E-state index contributed by atoms with van der Waals surface area (Å²) in [5.41, 5.74) is 5.53. The van der Waals surface area contributed by atoms with Crippen molar-refractivity contribution < 1.29 is 14.3 Å². The first kappa shape index (κ1) is 21.1. The molecule has 0 atom stereocenters. The van der Waals surface area contributed by atoms with Crippen molar-refractivity contribution in [2.75, 3.05) is 6.61 Å². The summed E-state index contributed by atoms with van der Waals surface area (Å²) in [6.07, 6.45) is 2.88. The lowest BCUT2D eigenvalue weighted by Gasteiger charge is -2.15. The summed E-state index contributed by atoms with van der Waals surface area (Å²) in [4.78, 5) is 16.7. The highest BCUT2D eigenvalue weighted by molar-refractivity contribution is 6.31. The van der Waals surface area contributed by atoms with Gasteiger partial charge in [0.05, 0.1) is 12.3 Å². The average molecular weight is 434 g/mol. The number of halogens is 1. The molecular weight excluding hydrogens is 410 g/mol. The molecule has 0 aliphatic heterocycles. The van der Waals surface area contributed by atoms with Gasteiger partial charge in [0.2, 0.25) is 0 Å². The van der Waals surface area contributed by atoms with Crippen LogP contribution in [-0.2, 0) is 11.3 Å². The van der Waals surface area contributed by atoms with E-state index in [-0.39, 0.29) is 0 Å². The smallest absolute Gasteiger partial charge is 0.356 e. The first-order valence-electron chi connectivity index (χ1n) is 10.5. The van der Waals surface area contributed by atoms with Crippen molar-refractivity contribution in [1.82, 2.24) is 4.98 Å². The third-order valence-corrected chi connectivity index (χ3v) is 5.68. The normalized spacial score (nSPS) is 13.4. The topological polar surface area (TPSA) is 48.4 Å². The number of carbonyl (C=O) groups is 1. The number of para-hydroxylation sites is 1. The van der Waals surface area contributed by atoms with Gasteiger partial charge in [0.15, 0.2) is 0 Å². The summed E-state index contributed by atoms with van der Waals surface area (Å²) in [5, 5.41) is 0.695. The number of carbonyl (C=O) groups excluding carboxylic acids is 1. The Kier molecular flexibility index (Phi) is 6.68. The van der Waals surface area contributed by atoms with Crippen LogP contribution >= 0.6 is 11.6 Å². The SMILES string of the molecule is CCOC(=O)c1cccc(C2=C(c3ccccc3OCc3ccccc3Cl)CCC2)n1. The molecule has 1 heterocycles. The Morgan fingerprint density at radius 1 is 0.968 bits per heavy atom. The van der Waals surface area contributed by atoms with Crippen LogP contribution < -0.4 is 4.74 Å². The molecule has 0 unspecified atom stereocenters. The van der Waals surface area contributed by atoms with Gasteiger partial charge in [-0.1, -0.05) is 54.1 Å². The molecule has 0 spiro atoms. The van der Waals surface area contributed by atoms with Crippen LogP contribution in [-0.4, -0.2) is 17.6 Å². The molecule has 0 bridgehead atoms. The second kappa shape index (κ2) is 9.80. The van der Waals surface area contributed by atoms with Gasteiger partial charge in [-0.05, 0) is 61.6 Å². The first-order valence-corrected chi connectivity index (χ1v) is 10.9. The lowest BCUT2D eigenvalue weighted by molar-refractivity contribution is 0.0519. The van der Waals surface area contributed by atoms with E-state index in [0.29, 0.717) is 23.9 Å². The summed E-state index contributed by atoms with van der Waals surface area (Å²) < 4.78 is 11.3. The minimum absolute atomic E-state index is 0.328. The fourth-order valence-electron chi connectivity index (χ4n) is 3.86. The maximum Gasteiger partial charge on any atom is 0.356 e. The molecule has 0 saturated carbocycles. The van der Waals surface area contributed by atoms with E-state index in [1.165, 1.54) is 5.57 Å². The van der Waals surface area contributed by atoms with Crippen LogP contribution in [0.15, 0.2) is 66.7 Å². The molecule has 3 aromatic rings. The first-order chi connectivity index (χ1) is 15.2. The van der Waals surface area contributed by atoms with Gasteiger partial charge < -0.3 is 9.47 Å². The van der Waals surface area contributed by atoms with Gasteiger partial charge in [-0.2, -0.15) is 0 Å². The summed E-state index contributed by atoms with van der Waals surface area (Å²) in [5.74, 6) is 0.423. The Balaban J connectivity index is 1.66. The molecule has 0 saturated heterocycles. The molecule has 4 rings (SSSR count). The van der Waals surface area contributed by atoms with Gasteiger partial charge in [-0.15, -0.1) is 0 Å². The zero-order chi connectivity index (χ0) is 21.6.